The van der Waals surface area contributed by atoms with Crippen LogP contribution in [-0.2, 0) is 11.2 Å². The first kappa shape index (κ1) is 13.3. The van der Waals surface area contributed by atoms with Crippen molar-refractivity contribution in [2.75, 3.05) is 13.1 Å². The van der Waals surface area contributed by atoms with Crippen LogP contribution in [0.2, 0.25) is 0 Å². The van der Waals surface area contributed by atoms with E-state index in [1.165, 1.54) is 0 Å². The molecule has 0 bridgehead atoms. The molecule has 2 aromatic heterocycles. The average molecular weight is 290 g/mol. The zero-order chi connectivity index (χ0) is 14.1. The summed E-state index contributed by atoms with van der Waals surface area (Å²) >= 11 is 1.59. The Morgan fingerprint density at radius 2 is 2.40 bits per heavy atom. The highest BCUT2D eigenvalue weighted by atomic mass is 32.1. The fourth-order valence-corrected chi connectivity index (χ4v) is 3.22. The van der Waals surface area contributed by atoms with Crippen molar-refractivity contribution in [2.24, 2.45) is 0 Å². The lowest BCUT2D eigenvalue weighted by atomic mass is 10.1. The molecular formula is C14H18N4OS. The van der Waals surface area contributed by atoms with Crippen LogP contribution in [0.4, 0.5) is 0 Å². The Hall–Kier alpha value is -1.69. The Bertz CT molecular complexity index is 618. The van der Waals surface area contributed by atoms with Gasteiger partial charge in [0.05, 0.1) is 17.1 Å². The van der Waals surface area contributed by atoms with Gasteiger partial charge in [-0.25, -0.2) is 9.97 Å². The Morgan fingerprint density at radius 1 is 1.55 bits per heavy atom. The lowest BCUT2D eigenvalue weighted by Gasteiger charge is -2.15. The van der Waals surface area contributed by atoms with Gasteiger partial charge >= 0.3 is 0 Å². The molecule has 3 heterocycles. The second-order valence-electron chi connectivity index (χ2n) is 5.31. The van der Waals surface area contributed by atoms with Crippen LogP contribution in [0.1, 0.15) is 34.6 Å². The molecule has 106 valence electrons. The van der Waals surface area contributed by atoms with Crippen molar-refractivity contribution >= 4 is 17.2 Å². The third kappa shape index (κ3) is 2.75. The Kier molecular flexibility index (Phi) is 3.56. The molecule has 1 fully saturated rings. The normalized spacial score (nSPS) is 18.7. The highest BCUT2D eigenvalue weighted by Crippen LogP contribution is 2.25. The van der Waals surface area contributed by atoms with Gasteiger partial charge in [-0.05, 0) is 20.3 Å². The van der Waals surface area contributed by atoms with Crippen LogP contribution in [0.15, 0.2) is 11.6 Å². The number of rotatable bonds is 3. The maximum Gasteiger partial charge on any atom is 0.228 e. The molecule has 1 amide bonds. The van der Waals surface area contributed by atoms with E-state index in [4.69, 9.17) is 0 Å². The number of hydrogen-bond donors (Lipinski definition) is 1. The number of H-pyrrole nitrogens is 1. The molecular weight excluding hydrogens is 272 g/mol. The molecule has 0 unspecified atom stereocenters. The van der Waals surface area contributed by atoms with E-state index in [1.807, 2.05) is 30.3 Å². The molecule has 1 aliphatic heterocycles. The molecule has 1 atom stereocenters. The number of likely N-dealkylation sites (tertiary alicyclic amines) is 1. The summed E-state index contributed by atoms with van der Waals surface area (Å²) in [6, 6.07) is 0. The molecule has 6 heteroatoms. The smallest absolute Gasteiger partial charge is 0.228 e. The number of thiazole rings is 1. The van der Waals surface area contributed by atoms with Crippen LogP contribution in [0.25, 0.3) is 0 Å². The molecule has 20 heavy (non-hydrogen) atoms. The molecule has 0 aliphatic carbocycles. The number of nitrogens with zero attached hydrogens (tertiary/aromatic N) is 3. The van der Waals surface area contributed by atoms with Crippen molar-refractivity contribution < 1.29 is 4.79 Å². The van der Waals surface area contributed by atoms with Crippen molar-refractivity contribution in [1.82, 2.24) is 19.9 Å². The third-order valence-corrected chi connectivity index (χ3v) is 4.47. The maximum atomic E-state index is 12.3. The highest BCUT2D eigenvalue weighted by molar-refractivity contribution is 7.09. The van der Waals surface area contributed by atoms with Gasteiger partial charge < -0.3 is 9.88 Å². The minimum atomic E-state index is 0.168. The molecule has 2 aromatic rings. The first-order valence-corrected chi connectivity index (χ1v) is 7.70. The summed E-state index contributed by atoms with van der Waals surface area (Å²) in [5, 5.41) is 2.98. The summed E-state index contributed by atoms with van der Waals surface area (Å²) in [4.78, 5) is 26.2. The van der Waals surface area contributed by atoms with E-state index in [-0.39, 0.29) is 5.91 Å². The number of carbonyl (C=O) groups excluding carboxylic acids is 1. The molecule has 0 radical (unpaired) electrons. The van der Waals surface area contributed by atoms with Gasteiger partial charge in [0, 0.05) is 36.3 Å². The zero-order valence-corrected chi connectivity index (χ0v) is 12.5. The van der Waals surface area contributed by atoms with Crippen LogP contribution in [0.3, 0.4) is 0 Å². The van der Waals surface area contributed by atoms with Crippen LogP contribution in [0, 0.1) is 13.8 Å². The van der Waals surface area contributed by atoms with Crippen molar-refractivity contribution in [3.8, 4) is 0 Å². The fraction of sp³-hybridized carbons (Fsp3) is 0.500. The third-order valence-electron chi connectivity index (χ3n) is 3.65. The minimum absolute atomic E-state index is 0.168. The predicted octanol–water partition coefficient (Wildman–Crippen LogP) is 2.04. The van der Waals surface area contributed by atoms with E-state index in [0.29, 0.717) is 12.3 Å². The van der Waals surface area contributed by atoms with Gasteiger partial charge in [-0.1, -0.05) is 0 Å². The van der Waals surface area contributed by atoms with Gasteiger partial charge in [-0.15, -0.1) is 11.3 Å². The van der Waals surface area contributed by atoms with Crippen molar-refractivity contribution in [3.63, 3.8) is 0 Å². The molecule has 0 aromatic carbocycles. The lowest BCUT2D eigenvalue weighted by molar-refractivity contribution is -0.129. The number of imidazole rings is 1. The van der Waals surface area contributed by atoms with E-state index in [9.17, 15) is 4.79 Å². The first-order chi connectivity index (χ1) is 9.61. The number of aromatic amines is 1. The number of aromatic nitrogens is 3. The maximum absolute atomic E-state index is 12.3. The summed E-state index contributed by atoms with van der Waals surface area (Å²) in [5.41, 5.74) is 1.96. The van der Waals surface area contributed by atoms with Crippen molar-refractivity contribution in [2.45, 2.75) is 32.6 Å². The average Bonchev–Trinajstić information content (AvgIpc) is 3.10. The second kappa shape index (κ2) is 5.36. The van der Waals surface area contributed by atoms with Crippen LogP contribution >= 0.6 is 11.3 Å². The van der Waals surface area contributed by atoms with Crippen LogP contribution < -0.4 is 0 Å². The number of nitrogens with one attached hydrogen (secondary N) is 1. The Balaban J connectivity index is 1.60. The molecule has 1 saturated heterocycles. The van der Waals surface area contributed by atoms with E-state index in [1.54, 1.807) is 11.3 Å². The number of aryl methyl sites for hydroxylation is 2. The van der Waals surface area contributed by atoms with Crippen LogP contribution in [-0.4, -0.2) is 38.8 Å². The molecule has 1 N–H and O–H groups in total. The molecule has 0 spiro atoms. The largest absolute Gasteiger partial charge is 0.346 e. The summed E-state index contributed by atoms with van der Waals surface area (Å²) in [5.74, 6) is 1.51. The zero-order valence-electron chi connectivity index (χ0n) is 11.7. The SMILES string of the molecule is Cc1cnc([C@@H]2CCN(C(=O)Cc3csc(C)n3)C2)[nH]1. The number of hydrogen-bond acceptors (Lipinski definition) is 4. The van der Waals surface area contributed by atoms with Gasteiger partial charge in [0.25, 0.3) is 0 Å². The van der Waals surface area contributed by atoms with Gasteiger partial charge in [0.1, 0.15) is 5.82 Å². The molecule has 1 aliphatic rings. The molecule has 5 nitrogen and oxygen atoms in total. The summed E-state index contributed by atoms with van der Waals surface area (Å²) in [6.45, 7) is 5.53. The van der Waals surface area contributed by atoms with E-state index < -0.39 is 0 Å². The van der Waals surface area contributed by atoms with Crippen molar-refractivity contribution in [1.29, 1.82) is 0 Å². The topological polar surface area (TPSA) is 61.9 Å². The predicted molar refractivity (Wildman–Crippen MR) is 77.8 cm³/mol. The summed E-state index contributed by atoms with van der Waals surface area (Å²) in [7, 11) is 0. The quantitative estimate of drug-likeness (QED) is 0.941. The number of carbonyl (C=O) groups is 1. The van der Waals surface area contributed by atoms with Crippen LogP contribution in [0.5, 0.6) is 0 Å². The minimum Gasteiger partial charge on any atom is -0.346 e. The summed E-state index contributed by atoms with van der Waals surface area (Å²) in [6.07, 6.45) is 3.24. The van der Waals surface area contributed by atoms with Gasteiger partial charge in [-0.3, -0.25) is 4.79 Å². The van der Waals surface area contributed by atoms with E-state index in [2.05, 4.69) is 15.0 Å². The van der Waals surface area contributed by atoms with E-state index in [0.717, 1.165) is 41.7 Å². The van der Waals surface area contributed by atoms with Gasteiger partial charge in [-0.2, -0.15) is 0 Å². The Morgan fingerprint density at radius 3 is 3.05 bits per heavy atom. The first-order valence-electron chi connectivity index (χ1n) is 6.82. The molecule has 3 rings (SSSR count). The van der Waals surface area contributed by atoms with E-state index >= 15 is 0 Å². The second-order valence-corrected chi connectivity index (χ2v) is 6.37. The fourth-order valence-electron chi connectivity index (χ4n) is 2.61. The van der Waals surface area contributed by atoms with Gasteiger partial charge in [0.15, 0.2) is 0 Å². The monoisotopic (exact) mass is 290 g/mol. The number of amides is 1. The standard InChI is InChI=1S/C14H18N4OS/c1-9-6-15-14(16-9)11-3-4-18(7-11)13(19)5-12-8-20-10(2)17-12/h6,8,11H,3-5,7H2,1-2H3,(H,15,16)/t11-/m1/s1. The lowest BCUT2D eigenvalue weighted by Crippen LogP contribution is -2.30. The molecule has 0 saturated carbocycles. The van der Waals surface area contributed by atoms with Crippen molar-refractivity contribution in [3.05, 3.63) is 33.8 Å². The highest BCUT2D eigenvalue weighted by Gasteiger charge is 2.29. The Labute approximate surface area is 122 Å². The summed E-state index contributed by atoms with van der Waals surface area (Å²) < 4.78 is 0. The van der Waals surface area contributed by atoms with Gasteiger partial charge in [0.2, 0.25) is 5.91 Å².